The molecule has 0 radical (unpaired) electrons. The van der Waals surface area contributed by atoms with Crippen molar-refractivity contribution in [1.82, 2.24) is 0 Å². The van der Waals surface area contributed by atoms with E-state index in [-0.39, 0.29) is 0 Å². The van der Waals surface area contributed by atoms with Gasteiger partial charge in [-0.15, -0.1) is 0 Å². The molecule has 1 N–H and O–H groups in total. The SMILES string of the molecule is C[As](C)CC=CC(=O)O. The predicted octanol–water partition coefficient (Wildman–Crippen LogP) is 1.38. The molecule has 0 spiro atoms. The molecule has 0 bridgehead atoms. The van der Waals surface area contributed by atoms with Gasteiger partial charge < -0.3 is 0 Å². The van der Waals surface area contributed by atoms with Crippen molar-refractivity contribution >= 4 is 20.6 Å². The van der Waals surface area contributed by atoms with Crippen molar-refractivity contribution in [3.63, 3.8) is 0 Å². The Morgan fingerprint density at radius 2 is 2.22 bits per heavy atom. The van der Waals surface area contributed by atoms with Crippen LogP contribution in [0.4, 0.5) is 0 Å². The maximum absolute atomic E-state index is 9.91. The Morgan fingerprint density at radius 1 is 1.67 bits per heavy atom. The first-order valence-corrected chi connectivity index (χ1v) is 7.75. The van der Waals surface area contributed by atoms with Crippen LogP contribution in [0.3, 0.4) is 0 Å². The number of rotatable bonds is 3. The minimum absolute atomic E-state index is 0.636. The molecule has 0 heterocycles. The third-order valence-corrected chi connectivity index (χ3v) is 2.71. The summed E-state index contributed by atoms with van der Waals surface area (Å²) < 4.78 is 0. The molecule has 0 aromatic rings. The van der Waals surface area contributed by atoms with Gasteiger partial charge in [0.25, 0.3) is 0 Å². The Labute approximate surface area is 59.8 Å². The van der Waals surface area contributed by atoms with Gasteiger partial charge in [-0.2, -0.15) is 0 Å². The molecular formula is C6H11AsO2. The molecule has 3 heteroatoms. The monoisotopic (exact) mass is 190 g/mol. The van der Waals surface area contributed by atoms with Crippen LogP contribution in [0.15, 0.2) is 12.2 Å². The Morgan fingerprint density at radius 3 is 2.56 bits per heavy atom. The second-order valence-electron chi connectivity index (χ2n) is 2.00. The molecule has 52 valence electrons. The number of carboxylic acid groups (broad SMARTS) is 1. The number of hydrogen-bond acceptors (Lipinski definition) is 1. The van der Waals surface area contributed by atoms with E-state index in [0.29, 0.717) is 0 Å². The number of carboxylic acids is 1. The maximum atomic E-state index is 9.91. The van der Waals surface area contributed by atoms with Gasteiger partial charge in [-0.1, -0.05) is 0 Å². The van der Waals surface area contributed by atoms with Gasteiger partial charge in [0.2, 0.25) is 0 Å². The van der Waals surface area contributed by atoms with Gasteiger partial charge >= 0.3 is 59.3 Å². The second kappa shape index (κ2) is 4.63. The zero-order chi connectivity index (χ0) is 7.28. The van der Waals surface area contributed by atoms with Crippen molar-refractivity contribution in [2.75, 3.05) is 0 Å². The molecule has 0 aromatic carbocycles. The topological polar surface area (TPSA) is 37.3 Å². The Kier molecular flexibility index (Phi) is 4.51. The zero-order valence-corrected chi connectivity index (χ0v) is 7.54. The van der Waals surface area contributed by atoms with Crippen LogP contribution >= 0.6 is 0 Å². The summed E-state index contributed by atoms with van der Waals surface area (Å²) in [6.45, 7) is 0. The van der Waals surface area contributed by atoms with Crippen molar-refractivity contribution in [3.8, 4) is 0 Å². The first-order valence-electron chi connectivity index (χ1n) is 2.67. The van der Waals surface area contributed by atoms with Gasteiger partial charge in [0.05, 0.1) is 0 Å². The summed E-state index contributed by atoms with van der Waals surface area (Å²) in [6, 6.07) is 0. The number of hydrogen-bond donors (Lipinski definition) is 1. The van der Waals surface area contributed by atoms with E-state index >= 15 is 0 Å². The van der Waals surface area contributed by atoms with E-state index in [9.17, 15) is 4.79 Å². The van der Waals surface area contributed by atoms with Crippen LogP contribution in [0.2, 0.25) is 16.6 Å². The van der Waals surface area contributed by atoms with E-state index in [1.165, 1.54) is 6.08 Å². The number of allylic oxidation sites excluding steroid dienone is 1. The van der Waals surface area contributed by atoms with Gasteiger partial charge in [-0.05, 0) is 0 Å². The molecule has 0 unspecified atom stereocenters. The fourth-order valence-corrected chi connectivity index (χ4v) is 1.47. The molecule has 0 saturated heterocycles. The molecule has 0 aliphatic carbocycles. The average molecular weight is 190 g/mol. The van der Waals surface area contributed by atoms with Crippen LogP contribution in [0, 0.1) is 0 Å². The second-order valence-corrected chi connectivity index (χ2v) is 7.30. The summed E-state index contributed by atoms with van der Waals surface area (Å²) in [5, 5.41) is 9.14. The van der Waals surface area contributed by atoms with Gasteiger partial charge in [0.1, 0.15) is 0 Å². The van der Waals surface area contributed by atoms with Crippen LogP contribution in [-0.4, -0.2) is 25.7 Å². The van der Waals surface area contributed by atoms with Gasteiger partial charge in [0, 0.05) is 0 Å². The first-order chi connectivity index (χ1) is 4.13. The molecule has 9 heavy (non-hydrogen) atoms. The third-order valence-electron chi connectivity index (χ3n) is 0.731. The Bertz CT molecular complexity index is 118. The third kappa shape index (κ3) is 7.77. The fourth-order valence-electron chi connectivity index (χ4n) is 0.364. The minimum atomic E-state index is -0.842. The van der Waals surface area contributed by atoms with Crippen molar-refractivity contribution < 1.29 is 9.90 Å². The summed E-state index contributed by atoms with van der Waals surface area (Å²) >= 11 is -0.636. The van der Waals surface area contributed by atoms with Gasteiger partial charge in [0.15, 0.2) is 0 Å². The summed E-state index contributed by atoms with van der Waals surface area (Å²) in [5.41, 5.74) is 4.39. The average Bonchev–Trinajstić information content (AvgIpc) is 1.63. The van der Waals surface area contributed by atoms with Crippen LogP contribution in [0.1, 0.15) is 0 Å². The van der Waals surface area contributed by atoms with Crippen molar-refractivity contribution in [1.29, 1.82) is 0 Å². The molecule has 0 saturated carbocycles. The molecular weight excluding hydrogens is 179 g/mol. The van der Waals surface area contributed by atoms with Gasteiger partial charge in [-0.3, -0.25) is 0 Å². The molecule has 2 nitrogen and oxygen atoms in total. The van der Waals surface area contributed by atoms with Crippen molar-refractivity contribution in [3.05, 3.63) is 12.2 Å². The van der Waals surface area contributed by atoms with E-state index in [2.05, 4.69) is 11.4 Å². The molecule has 0 aliphatic heterocycles. The van der Waals surface area contributed by atoms with Crippen LogP contribution < -0.4 is 0 Å². The standard InChI is InChI=1S/C6H11AsO2/c1-7(2)5-3-4-6(8)9/h3-4H,5H2,1-2H3,(H,8,9). The first kappa shape index (κ1) is 8.77. The summed E-state index contributed by atoms with van der Waals surface area (Å²) in [7, 11) is 0. The van der Waals surface area contributed by atoms with Crippen LogP contribution in [0.25, 0.3) is 0 Å². The number of aliphatic carboxylic acids is 1. The molecule has 0 aliphatic rings. The quantitative estimate of drug-likeness (QED) is 0.539. The molecule has 0 aromatic heterocycles. The Balaban J connectivity index is 3.36. The van der Waals surface area contributed by atoms with Crippen LogP contribution in [0.5, 0.6) is 0 Å². The fraction of sp³-hybridized carbons (Fsp3) is 0.500. The molecule has 0 rings (SSSR count). The Hall–Kier alpha value is -0.232. The summed E-state index contributed by atoms with van der Waals surface area (Å²) in [5.74, 6) is -0.842. The normalized spacial score (nSPS) is 11.0. The van der Waals surface area contributed by atoms with E-state index in [1.807, 2.05) is 0 Å². The van der Waals surface area contributed by atoms with E-state index < -0.39 is 20.6 Å². The predicted molar refractivity (Wildman–Crippen MR) is 39.1 cm³/mol. The van der Waals surface area contributed by atoms with Gasteiger partial charge in [-0.25, -0.2) is 0 Å². The van der Waals surface area contributed by atoms with Crippen LogP contribution in [-0.2, 0) is 4.79 Å². The summed E-state index contributed by atoms with van der Waals surface area (Å²) in [6.07, 6.45) is 2.96. The number of carbonyl (C=O) groups is 1. The van der Waals surface area contributed by atoms with E-state index in [1.54, 1.807) is 6.08 Å². The van der Waals surface area contributed by atoms with E-state index in [0.717, 1.165) is 5.21 Å². The van der Waals surface area contributed by atoms with Crippen molar-refractivity contribution in [2.24, 2.45) is 0 Å². The molecule has 0 amide bonds. The molecule has 0 atom stereocenters. The van der Waals surface area contributed by atoms with E-state index in [4.69, 9.17) is 5.11 Å². The molecule has 0 fully saturated rings. The zero-order valence-electron chi connectivity index (χ0n) is 5.66. The summed E-state index contributed by atoms with van der Waals surface area (Å²) in [4.78, 5) is 9.91. The van der Waals surface area contributed by atoms with Crippen molar-refractivity contribution in [2.45, 2.75) is 16.6 Å².